The lowest BCUT2D eigenvalue weighted by Gasteiger charge is -2.11. The van der Waals surface area contributed by atoms with E-state index in [0.717, 1.165) is 4.47 Å². The summed E-state index contributed by atoms with van der Waals surface area (Å²) in [4.78, 5) is 16.8. The molecule has 1 aliphatic heterocycles. The van der Waals surface area contributed by atoms with Crippen LogP contribution in [-0.2, 0) is 4.79 Å². The highest BCUT2D eigenvalue weighted by Gasteiger charge is 2.25. The Morgan fingerprint density at radius 1 is 1.23 bits per heavy atom. The number of fused-ring (bicyclic) bond motifs is 1. The van der Waals surface area contributed by atoms with Gasteiger partial charge in [-0.1, -0.05) is 35.0 Å². The van der Waals surface area contributed by atoms with Gasteiger partial charge in [0, 0.05) is 15.6 Å². The van der Waals surface area contributed by atoms with E-state index in [4.69, 9.17) is 0 Å². The number of carbonyl (C=O) groups excluding carboxylic acids is 1. The highest BCUT2D eigenvalue weighted by molar-refractivity contribution is 9.10. The van der Waals surface area contributed by atoms with Crippen molar-refractivity contribution in [2.24, 2.45) is 4.99 Å². The molecule has 1 heterocycles. The number of aliphatic imine (C=N–C) groups is 1. The zero-order chi connectivity index (χ0) is 15.7. The molecule has 1 aliphatic rings. The minimum absolute atomic E-state index is 0.169. The Kier molecular flexibility index (Phi) is 4.07. The van der Waals surface area contributed by atoms with Crippen molar-refractivity contribution < 1.29 is 9.18 Å². The molecule has 3 nitrogen and oxygen atoms in total. The first-order valence-corrected chi connectivity index (χ1v) is 7.83. The highest BCUT2D eigenvalue weighted by Crippen LogP contribution is 2.28. The lowest BCUT2D eigenvalue weighted by atomic mass is 10.00. The number of amides is 1. The number of hydrogen-bond donors (Lipinski definition) is 1. The van der Waals surface area contributed by atoms with Gasteiger partial charge in [-0.3, -0.25) is 9.79 Å². The number of benzodiazepines with no additional fused rings is 1. The van der Waals surface area contributed by atoms with E-state index in [1.165, 1.54) is 6.07 Å². The van der Waals surface area contributed by atoms with Gasteiger partial charge >= 0.3 is 0 Å². The maximum atomic E-state index is 14.2. The van der Waals surface area contributed by atoms with Crippen molar-refractivity contribution >= 4 is 33.2 Å². The third-order valence-electron chi connectivity index (χ3n) is 3.60. The SMILES string of the molecule is CC[C@@H]1N=C(c2ccccc2F)c2cc(Br)ccc2NC1=O. The Labute approximate surface area is 136 Å². The van der Waals surface area contributed by atoms with Gasteiger partial charge in [0.05, 0.1) is 11.4 Å². The van der Waals surface area contributed by atoms with E-state index in [1.54, 1.807) is 24.3 Å². The second kappa shape index (κ2) is 6.01. The first kappa shape index (κ1) is 14.9. The van der Waals surface area contributed by atoms with Crippen LogP contribution in [0, 0.1) is 5.82 Å². The molecule has 112 valence electrons. The summed E-state index contributed by atoms with van der Waals surface area (Å²) in [6.45, 7) is 1.89. The Balaban J connectivity index is 2.26. The molecular formula is C17H14BrFN2O. The fraction of sp³-hybridized carbons (Fsp3) is 0.176. The van der Waals surface area contributed by atoms with Crippen LogP contribution in [0.1, 0.15) is 24.5 Å². The zero-order valence-corrected chi connectivity index (χ0v) is 13.5. The number of halogens is 2. The van der Waals surface area contributed by atoms with Gasteiger partial charge in [0.15, 0.2) is 0 Å². The third-order valence-corrected chi connectivity index (χ3v) is 4.09. The highest BCUT2D eigenvalue weighted by atomic mass is 79.9. The minimum Gasteiger partial charge on any atom is -0.324 e. The van der Waals surface area contributed by atoms with Gasteiger partial charge < -0.3 is 5.32 Å². The normalized spacial score (nSPS) is 17.3. The lowest BCUT2D eigenvalue weighted by Crippen LogP contribution is -2.24. The number of benzene rings is 2. The van der Waals surface area contributed by atoms with Crippen LogP contribution in [0.5, 0.6) is 0 Å². The van der Waals surface area contributed by atoms with E-state index in [9.17, 15) is 9.18 Å². The van der Waals surface area contributed by atoms with Crippen molar-refractivity contribution in [1.82, 2.24) is 0 Å². The van der Waals surface area contributed by atoms with Crippen LogP contribution in [0.2, 0.25) is 0 Å². The number of nitrogens with one attached hydrogen (secondary N) is 1. The lowest BCUT2D eigenvalue weighted by molar-refractivity contribution is -0.117. The molecule has 3 rings (SSSR count). The molecular weight excluding hydrogens is 347 g/mol. The molecule has 0 saturated heterocycles. The number of nitrogens with zero attached hydrogens (tertiary/aromatic N) is 1. The van der Waals surface area contributed by atoms with E-state index in [-0.39, 0.29) is 11.7 Å². The number of hydrogen-bond acceptors (Lipinski definition) is 2. The number of anilines is 1. The predicted octanol–water partition coefficient (Wildman–Crippen LogP) is 4.16. The van der Waals surface area contributed by atoms with Crippen molar-refractivity contribution in [1.29, 1.82) is 0 Å². The van der Waals surface area contributed by atoms with Gasteiger partial charge in [-0.05, 0) is 36.8 Å². The zero-order valence-electron chi connectivity index (χ0n) is 11.9. The molecule has 1 atom stereocenters. The molecule has 1 N–H and O–H groups in total. The monoisotopic (exact) mass is 360 g/mol. The van der Waals surface area contributed by atoms with E-state index in [2.05, 4.69) is 26.2 Å². The molecule has 0 bridgehead atoms. The van der Waals surface area contributed by atoms with Gasteiger partial charge in [0.2, 0.25) is 5.91 Å². The molecule has 5 heteroatoms. The van der Waals surface area contributed by atoms with E-state index in [0.29, 0.717) is 28.9 Å². The van der Waals surface area contributed by atoms with Crippen LogP contribution in [-0.4, -0.2) is 17.7 Å². The summed E-state index contributed by atoms with van der Waals surface area (Å²) in [5.41, 5.74) is 2.26. The fourth-order valence-corrected chi connectivity index (χ4v) is 2.83. The van der Waals surface area contributed by atoms with Crippen LogP contribution < -0.4 is 5.32 Å². The summed E-state index contributed by atoms with van der Waals surface area (Å²) in [7, 11) is 0. The summed E-state index contributed by atoms with van der Waals surface area (Å²) in [6.07, 6.45) is 0.555. The molecule has 0 aliphatic carbocycles. The summed E-state index contributed by atoms with van der Waals surface area (Å²) >= 11 is 3.42. The number of rotatable bonds is 2. The molecule has 0 unspecified atom stereocenters. The molecule has 0 aromatic heterocycles. The van der Waals surface area contributed by atoms with E-state index >= 15 is 0 Å². The summed E-state index contributed by atoms with van der Waals surface area (Å²) in [5.74, 6) is -0.520. The third kappa shape index (κ3) is 2.68. The molecule has 1 amide bonds. The predicted molar refractivity (Wildman–Crippen MR) is 88.9 cm³/mol. The molecule has 22 heavy (non-hydrogen) atoms. The Bertz CT molecular complexity index is 773. The average Bonchev–Trinajstić information content (AvgIpc) is 2.64. The van der Waals surface area contributed by atoms with Crippen LogP contribution in [0.3, 0.4) is 0 Å². The van der Waals surface area contributed by atoms with Gasteiger partial charge in [-0.2, -0.15) is 0 Å². The summed E-state index contributed by atoms with van der Waals surface area (Å²) < 4.78 is 15.1. The molecule has 0 fully saturated rings. The molecule has 0 radical (unpaired) electrons. The summed E-state index contributed by atoms with van der Waals surface area (Å²) in [5, 5.41) is 2.87. The number of carbonyl (C=O) groups is 1. The smallest absolute Gasteiger partial charge is 0.249 e. The quantitative estimate of drug-likeness (QED) is 0.858. The Morgan fingerprint density at radius 3 is 2.73 bits per heavy atom. The van der Waals surface area contributed by atoms with Gasteiger partial charge in [-0.15, -0.1) is 0 Å². The van der Waals surface area contributed by atoms with Crippen molar-refractivity contribution in [3.63, 3.8) is 0 Å². The van der Waals surface area contributed by atoms with Crippen LogP contribution >= 0.6 is 15.9 Å². The van der Waals surface area contributed by atoms with Gasteiger partial charge in [0.25, 0.3) is 0 Å². The van der Waals surface area contributed by atoms with Crippen LogP contribution in [0.25, 0.3) is 0 Å². The van der Waals surface area contributed by atoms with Crippen molar-refractivity contribution in [2.75, 3.05) is 5.32 Å². The maximum Gasteiger partial charge on any atom is 0.249 e. The molecule has 2 aromatic carbocycles. The van der Waals surface area contributed by atoms with Crippen LogP contribution in [0.15, 0.2) is 51.9 Å². The van der Waals surface area contributed by atoms with E-state index < -0.39 is 6.04 Å². The van der Waals surface area contributed by atoms with Gasteiger partial charge in [0.1, 0.15) is 11.9 Å². The van der Waals surface area contributed by atoms with Gasteiger partial charge in [-0.25, -0.2) is 4.39 Å². The first-order valence-electron chi connectivity index (χ1n) is 7.03. The Hall–Kier alpha value is -2.01. The largest absolute Gasteiger partial charge is 0.324 e. The van der Waals surface area contributed by atoms with Crippen molar-refractivity contribution in [3.05, 3.63) is 63.9 Å². The topological polar surface area (TPSA) is 41.5 Å². The van der Waals surface area contributed by atoms with E-state index in [1.807, 2.05) is 19.1 Å². The summed E-state index contributed by atoms with van der Waals surface area (Å²) in [6, 6.07) is 11.4. The van der Waals surface area contributed by atoms with Crippen LogP contribution in [0.4, 0.5) is 10.1 Å². The second-order valence-corrected chi connectivity index (χ2v) is 5.98. The molecule has 2 aromatic rings. The molecule has 0 spiro atoms. The maximum absolute atomic E-state index is 14.2. The minimum atomic E-state index is -0.527. The fourth-order valence-electron chi connectivity index (χ4n) is 2.47. The standard InChI is InChI=1S/C17H14BrFN2O/c1-2-14-17(22)21-15-8-7-10(18)9-12(15)16(20-14)11-5-3-4-6-13(11)19/h3-9,14H,2H2,1H3,(H,21,22)/t14-/m0/s1. The van der Waals surface area contributed by atoms with Crippen molar-refractivity contribution in [2.45, 2.75) is 19.4 Å². The average molecular weight is 361 g/mol. The second-order valence-electron chi connectivity index (χ2n) is 5.06. The molecule has 0 saturated carbocycles. The Morgan fingerprint density at radius 2 is 2.00 bits per heavy atom. The first-order chi connectivity index (χ1) is 10.6. The van der Waals surface area contributed by atoms with Crippen molar-refractivity contribution in [3.8, 4) is 0 Å².